The van der Waals surface area contributed by atoms with E-state index in [9.17, 15) is 5.11 Å². The molecule has 3 aromatic rings. The number of aliphatic hydroxyl groups is 1. The van der Waals surface area contributed by atoms with Gasteiger partial charge in [-0.15, -0.1) is 0 Å². The summed E-state index contributed by atoms with van der Waals surface area (Å²) >= 11 is 0. The normalized spacial score (nSPS) is 13.4. The topological polar surface area (TPSA) is 32.3 Å². The molecule has 0 amide bonds. The second kappa shape index (κ2) is 7.73. The van der Waals surface area contributed by atoms with Crippen molar-refractivity contribution in [3.8, 4) is 0 Å². The summed E-state index contributed by atoms with van der Waals surface area (Å²) in [6, 6.07) is 30.0. The average molecular weight is 303 g/mol. The van der Waals surface area contributed by atoms with Gasteiger partial charge in [0.1, 0.15) is 0 Å². The molecule has 23 heavy (non-hydrogen) atoms. The van der Waals surface area contributed by atoms with Crippen molar-refractivity contribution >= 4 is 0 Å². The number of aliphatic hydroxyl groups excluding tert-OH is 1. The van der Waals surface area contributed by atoms with E-state index < -0.39 is 6.10 Å². The molecular weight excluding hydrogens is 282 g/mol. The molecule has 2 heteroatoms. The fourth-order valence-corrected chi connectivity index (χ4v) is 2.74. The predicted molar refractivity (Wildman–Crippen MR) is 93.9 cm³/mol. The fraction of sp³-hybridized carbons (Fsp3) is 0.143. The summed E-state index contributed by atoms with van der Waals surface area (Å²) in [6.45, 7) is 0.713. The first-order valence-corrected chi connectivity index (χ1v) is 7.90. The van der Waals surface area contributed by atoms with Gasteiger partial charge in [0, 0.05) is 6.54 Å². The zero-order chi connectivity index (χ0) is 15.9. The molecule has 0 aromatic heterocycles. The van der Waals surface area contributed by atoms with Gasteiger partial charge in [0.2, 0.25) is 0 Å². The fourth-order valence-electron chi connectivity index (χ4n) is 2.74. The first-order valence-electron chi connectivity index (χ1n) is 7.90. The molecule has 116 valence electrons. The number of nitrogens with one attached hydrogen (secondary N) is 1. The first kappa shape index (κ1) is 15.5. The van der Waals surface area contributed by atoms with Crippen molar-refractivity contribution in [2.45, 2.75) is 18.7 Å². The van der Waals surface area contributed by atoms with E-state index in [0.29, 0.717) is 6.54 Å². The van der Waals surface area contributed by atoms with Crippen LogP contribution in [-0.2, 0) is 6.54 Å². The van der Waals surface area contributed by atoms with Gasteiger partial charge in [-0.25, -0.2) is 0 Å². The van der Waals surface area contributed by atoms with E-state index in [0.717, 1.165) is 11.1 Å². The van der Waals surface area contributed by atoms with Crippen LogP contribution in [0.5, 0.6) is 0 Å². The maximum Gasteiger partial charge on any atom is 0.0984 e. The minimum atomic E-state index is -0.595. The Kier molecular flexibility index (Phi) is 5.20. The summed E-state index contributed by atoms with van der Waals surface area (Å²) in [5.74, 6) is 0. The molecule has 0 bridgehead atoms. The summed E-state index contributed by atoms with van der Waals surface area (Å²) < 4.78 is 0. The van der Waals surface area contributed by atoms with E-state index in [4.69, 9.17) is 0 Å². The molecule has 0 radical (unpaired) electrons. The number of rotatable bonds is 6. The summed E-state index contributed by atoms with van der Waals surface area (Å²) in [5.41, 5.74) is 3.20. The lowest BCUT2D eigenvalue weighted by atomic mass is 9.95. The molecule has 0 aliphatic heterocycles. The van der Waals surface area contributed by atoms with Gasteiger partial charge in [-0.1, -0.05) is 91.0 Å². The third-order valence-corrected chi connectivity index (χ3v) is 3.98. The van der Waals surface area contributed by atoms with Gasteiger partial charge in [0.25, 0.3) is 0 Å². The van der Waals surface area contributed by atoms with Gasteiger partial charge >= 0.3 is 0 Å². The van der Waals surface area contributed by atoms with E-state index in [1.54, 1.807) is 0 Å². The number of hydrogen-bond donors (Lipinski definition) is 2. The Morgan fingerprint density at radius 1 is 0.652 bits per heavy atom. The molecule has 2 unspecified atom stereocenters. The van der Waals surface area contributed by atoms with Crippen LogP contribution in [0.15, 0.2) is 91.0 Å². The van der Waals surface area contributed by atoms with Crippen molar-refractivity contribution in [3.05, 3.63) is 108 Å². The zero-order valence-corrected chi connectivity index (χ0v) is 13.0. The first-order chi connectivity index (χ1) is 11.3. The molecular formula is C21H21NO. The molecule has 0 fully saturated rings. The van der Waals surface area contributed by atoms with Crippen molar-refractivity contribution in [2.75, 3.05) is 0 Å². The van der Waals surface area contributed by atoms with E-state index in [1.807, 2.05) is 66.7 Å². The lowest BCUT2D eigenvalue weighted by molar-refractivity contribution is 0.127. The maximum absolute atomic E-state index is 10.8. The molecule has 2 N–H and O–H groups in total. The quantitative estimate of drug-likeness (QED) is 0.713. The maximum atomic E-state index is 10.8. The van der Waals surface area contributed by atoms with Crippen LogP contribution in [0.25, 0.3) is 0 Å². The molecule has 0 aliphatic rings. The van der Waals surface area contributed by atoms with Gasteiger partial charge < -0.3 is 10.4 Å². The van der Waals surface area contributed by atoms with Crippen LogP contribution in [0.1, 0.15) is 28.8 Å². The van der Waals surface area contributed by atoms with Gasteiger partial charge in [-0.3, -0.25) is 0 Å². The molecule has 3 rings (SSSR count). The summed E-state index contributed by atoms with van der Waals surface area (Å²) in [6.07, 6.45) is -0.595. The lowest BCUT2D eigenvalue weighted by Gasteiger charge is -2.25. The molecule has 0 saturated heterocycles. The van der Waals surface area contributed by atoms with Crippen molar-refractivity contribution in [3.63, 3.8) is 0 Å². The standard InChI is InChI=1S/C21H21NO/c23-21(19-14-8-3-9-15-19)20(18-12-6-2-7-13-18)22-16-17-10-4-1-5-11-17/h1-15,20-23H,16H2. The third-order valence-electron chi connectivity index (χ3n) is 3.98. The molecule has 0 saturated carbocycles. The Hall–Kier alpha value is -2.42. The van der Waals surface area contributed by atoms with Crippen LogP contribution in [0.3, 0.4) is 0 Å². The largest absolute Gasteiger partial charge is 0.386 e. The van der Waals surface area contributed by atoms with E-state index in [2.05, 4.69) is 29.6 Å². The van der Waals surface area contributed by atoms with Gasteiger partial charge in [0.05, 0.1) is 12.1 Å². The van der Waals surface area contributed by atoms with Gasteiger partial charge in [-0.05, 0) is 16.7 Å². The SMILES string of the molecule is OC(c1ccccc1)C(NCc1ccccc1)c1ccccc1. The smallest absolute Gasteiger partial charge is 0.0984 e. The van der Waals surface area contributed by atoms with Crippen molar-refractivity contribution in [1.29, 1.82) is 0 Å². The van der Waals surface area contributed by atoms with Crippen LogP contribution in [0.2, 0.25) is 0 Å². The average Bonchev–Trinajstić information content (AvgIpc) is 2.64. The Morgan fingerprint density at radius 3 is 1.70 bits per heavy atom. The zero-order valence-electron chi connectivity index (χ0n) is 13.0. The Balaban J connectivity index is 1.82. The summed E-state index contributed by atoms with van der Waals surface area (Å²) in [7, 11) is 0. The molecule has 2 nitrogen and oxygen atoms in total. The highest BCUT2D eigenvalue weighted by Crippen LogP contribution is 2.28. The van der Waals surface area contributed by atoms with E-state index in [-0.39, 0.29) is 6.04 Å². The van der Waals surface area contributed by atoms with Crippen LogP contribution in [0.4, 0.5) is 0 Å². The highest BCUT2D eigenvalue weighted by molar-refractivity contribution is 5.26. The van der Waals surface area contributed by atoms with Crippen molar-refractivity contribution < 1.29 is 5.11 Å². The Morgan fingerprint density at radius 2 is 1.13 bits per heavy atom. The molecule has 2 atom stereocenters. The minimum Gasteiger partial charge on any atom is -0.386 e. The van der Waals surface area contributed by atoms with Crippen LogP contribution >= 0.6 is 0 Å². The Labute approximate surface area is 137 Å². The molecule has 0 spiro atoms. The van der Waals surface area contributed by atoms with Crippen LogP contribution in [-0.4, -0.2) is 5.11 Å². The highest BCUT2D eigenvalue weighted by atomic mass is 16.3. The highest BCUT2D eigenvalue weighted by Gasteiger charge is 2.22. The second-order valence-corrected chi connectivity index (χ2v) is 5.61. The van der Waals surface area contributed by atoms with Crippen LogP contribution < -0.4 is 5.32 Å². The number of benzene rings is 3. The Bertz CT molecular complexity index is 698. The molecule has 0 aliphatic carbocycles. The van der Waals surface area contributed by atoms with Gasteiger partial charge in [0.15, 0.2) is 0 Å². The summed E-state index contributed by atoms with van der Waals surface area (Å²) in [5, 5.41) is 14.3. The summed E-state index contributed by atoms with van der Waals surface area (Å²) in [4.78, 5) is 0. The molecule has 0 heterocycles. The molecule has 3 aromatic carbocycles. The predicted octanol–water partition coefficient (Wildman–Crippen LogP) is 4.25. The van der Waals surface area contributed by atoms with Gasteiger partial charge in [-0.2, -0.15) is 0 Å². The second-order valence-electron chi connectivity index (χ2n) is 5.61. The van der Waals surface area contributed by atoms with Crippen molar-refractivity contribution in [2.24, 2.45) is 0 Å². The van der Waals surface area contributed by atoms with Crippen LogP contribution in [0, 0.1) is 0 Å². The van der Waals surface area contributed by atoms with Crippen molar-refractivity contribution in [1.82, 2.24) is 5.32 Å². The van der Waals surface area contributed by atoms with E-state index in [1.165, 1.54) is 5.56 Å². The number of hydrogen-bond acceptors (Lipinski definition) is 2. The third kappa shape index (κ3) is 4.07. The van der Waals surface area contributed by atoms with E-state index >= 15 is 0 Å². The minimum absolute atomic E-state index is 0.154. The lowest BCUT2D eigenvalue weighted by Crippen LogP contribution is -2.27. The monoisotopic (exact) mass is 303 g/mol.